The van der Waals surface area contributed by atoms with E-state index in [4.69, 9.17) is 4.74 Å². The highest BCUT2D eigenvalue weighted by Gasteiger charge is 2.51. The van der Waals surface area contributed by atoms with Gasteiger partial charge in [-0.05, 0) is 72.2 Å². The fourth-order valence-electron chi connectivity index (χ4n) is 6.57. The van der Waals surface area contributed by atoms with Crippen LogP contribution < -0.4 is 0 Å². The standard InChI is InChI=1S/C25H31BrO2/c1-16(20-11-12-21-19(15-26)10-7-13-25(20,21)3)14-22-23(17(2)24(27)28-22)18-8-5-4-6-9-18/h4-6,8-9,15-16,20-23H,2,7,10-14H2,1,3H3/b19-15+/t16-,20-,21?,22-,23-,25-/m1/s1. The highest BCUT2D eigenvalue weighted by Crippen LogP contribution is 2.60. The zero-order chi connectivity index (χ0) is 19.9. The molecule has 2 saturated carbocycles. The van der Waals surface area contributed by atoms with Crippen molar-refractivity contribution in [2.45, 2.75) is 64.4 Å². The molecule has 2 nitrogen and oxygen atoms in total. The molecule has 3 aliphatic rings. The lowest BCUT2D eigenvalue weighted by Gasteiger charge is -2.44. The molecule has 4 rings (SSSR count). The average Bonchev–Trinajstić information content (AvgIpc) is 3.18. The number of cyclic esters (lactones) is 1. The number of halogens is 1. The van der Waals surface area contributed by atoms with Gasteiger partial charge in [0.1, 0.15) is 6.10 Å². The van der Waals surface area contributed by atoms with E-state index in [0.29, 0.717) is 28.7 Å². The molecule has 1 aromatic carbocycles. The first kappa shape index (κ1) is 19.9. The quantitative estimate of drug-likeness (QED) is 0.379. The number of hydrogen-bond donors (Lipinski definition) is 0. The van der Waals surface area contributed by atoms with Gasteiger partial charge in [0, 0.05) is 5.57 Å². The van der Waals surface area contributed by atoms with Crippen LogP contribution in [0.2, 0.25) is 0 Å². The van der Waals surface area contributed by atoms with Gasteiger partial charge in [0.15, 0.2) is 0 Å². The maximum Gasteiger partial charge on any atom is 0.334 e. The Hall–Kier alpha value is -1.35. The first-order valence-corrected chi connectivity index (χ1v) is 11.6. The van der Waals surface area contributed by atoms with Crippen molar-refractivity contribution in [3.05, 3.63) is 58.6 Å². The second-order valence-electron chi connectivity index (χ2n) is 9.35. The predicted octanol–water partition coefficient (Wildman–Crippen LogP) is 6.77. The molecule has 1 heterocycles. The number of benzene rings is 1. The molecule has 1 aliphatic heterocycles. The van der Waals surface area contributed by atoms with E-state index >= 15 is 0 Å². The van der Waals surface area contributed by atoms with E-state index in [1.807, 2.05) is 18.2 Å². The third-order valence-electron chi connectivity index (χ3n) is 7.90. The topological polar surface area (TPSA) is 26.3 Å². The maximum absolute atomic E-state index is 12.3. The molecular weight excluding hydrogens is 412 g/mol. The van der Waals surface area contributed by atoms with E-state index in [-0.39, 0.29) is 18.0 Å². The Morgan fingerprint density at radius 3 is 2.79 bits per heavy atom. The number of allylic oxidation sites excluding steroid dienone is 1. The number of ether oxygens (including phenoxy) is 1. The summed E-state index contributed by atoms with van der Waals surface area (Å²) in [5, 5.41) is 0. The molecule has 0 spiro atoms. The van der Waals surface area contributed by atoms with Crippen molar-refractivity contribution in [3.8, 4) is 0 Å². The number of rotatable bonds is 4. The molecule has 0 bridgehead atoms. The maximum atomic E-state index is 12.3. The average molecular weight is 443 g/mol. The van der Waals surface area contributed by atoms with Gasteiger partial charge < -0.3 is 4.74 Å². The van der Waals surface area contributed by atoms with Crippen LogP contribution in [0.1, 0.15) is 63.9 Å². The summed E-state index contributed by atoms with van der Waals surface area (Å²) < 4.78 is 5.82. The highest BCUT2D eigenvalue weighted by molar-refractivity contribution is 9.11. The second kappa shape index (κ2) is 7.82. The van der Waals surface area contributed by atoms with E-state index in [9.17, 15) is 4.79 Å². The summed E-state index contributed by atoms with van der Waals surface area (Å²) in [7, 11) is 0. The fourth-order valence-corrected chi connectivity index (χ4v) is 7.12. The lowest BCUT2D eigenvalue weighted by atomic mass is 9.61. The van der Waals surface area contributed by atoms with Crippen molar-refractivity contribution in [2.75, 3.05) is 0 Å². The summed E-state index contributed by atoms with van der Waals surface area (Å²) in [6.07, 6.45) is 7.25. The van der Waals surface area contributed by atoms with Crippen molar-refractivity contribution < 1.29 is 9.53 Å². The fraction of sp³-hybridized carbons (Fsp3) is 0.560. The largest absolute Gasteiger partial charge is 0.458 e. The van der Waals surface area contributed by atoms with Crippen molar-refractivity contribution in [1.82, 2.24) is 0 Å². The van der Waals surface area contributed by atoms with Gasteiger partial charge in [-0.3, -0.25) is 0 Å². The zero-order valence-electron chi connectivity index (χ0n) is 17.0. The van der Waals surface area contributed by atoms with Gasteiger partial charge in [-0.15, -0.1) is 0 Å². The minimum absolute atomic E-state index is 0.00879. The van der Waals surface area contributed by atoms with Crippen LogP contribution in [-0.4, -0.2) is 12.1 Å². The Morgan fingerprint density at radius 2 is 2.07 bits per heavy atom. The Bertz CT molecular complexity index is 783. The van der Waals surface area contributed by atoms with Crippen LogP contribution in [0.5, 0.6) is 0 Å². The summed E-state index contributed by atoms with van der Waals surface area (Å²) in [6, 6.07) is 10.3. The van der Waals surface area contributed by atoms with Crippen LogP contribution in [0.15, 0.2) is 53.0 Å². The van der Waals surface area contributed by atoms with E-state index in [1.165, 1.54) is 32.1 Å². The Morgan fingerprint density at radius 1 is 1.32 bits per heavy atom. The van der Waals surface area contributed by atoms with Crippen LogP contribution in [0.4, 0.5) is 0 Å². The summed E-state index contributed by atoms with van der Waals surface area (Å²) >= 11 is 3.62. The van der Waals surface area contributed by atoms with E-state index in [2.05, 4.69) is 53.5 Å². The lowest BCUT2D eigenvalue weighted by Crippen LogP contribution is -2.37. The Balaban J connectivity index is 1.54. The molecule has 150 valence electrons. The van der Waals surface area contributed by atoms with Crippen molar-refractivity contribution in [1.29, 1.82) is 0 Å². The monoisotopic (exact) mass is 442 g/mol. The van der Waals surface area contributed by atoms with Gasteiger partial charge in [-0.1, -0.05) is 72.3 Å². The summed E-state index contributed by atoms with van der Waals surface area (Å²) in [4.78, 5) is 14.5. The van der Waals surface area contributed by atoms with Gasteiger partial charge in [-0.2, -0.15) is 0 Å². The highest BCUT2D eigenvalue weighted by atomic mass is 79.9. The number of carbonyl (C=O) groups is 1. The molecule has 0 N–H and O–H groups in total. The molecule has 1 saturated heterocycles. The van der Waals surface area contributed by atoms with Crippen LogP contribution in [0, 0.1) is 23.2 Å². The van der Waals surface area contributed by atoms with Gasteiger partial charge in [0.2, 0.25) is 0 Å². The molecule has 1 unspecified atom stereocenters. The smallest absolute Gasteiger partial charge is 0.334 e. The van der Waals surface area contributed by atoms with Crippen LogP contribution in [-0.2, 0) is 9.53 Å². The number of esters is 1. The molecule has 1 aromatic rings. The van der Waals surface area contributed by atoms with Crippen molar-refractivity contribution >= 4 is 21.9 Å². The van der Waals surface area contributed by atoms with Gasteiger partial charge in [-0.25, -0.2) is 4.79 Å². The van der Waals surface area contributed by atoms with Crippen molar-refractivity contribution in [2.24, 2.45) is 23.2 Å². The molecule has 3 heteroatoms. The van der Waals surface area contributed by atoms with E-state index < -0.39 is 0 Å². The summed E-state index contributed by atoms with van der Waals surface area (Å²) in [5.41, 5.74) is 3.74. The lowest BCUT2D eigenvalue weighted by molar-refractivity contribution is -0.139. The Labute approximate surface area is 177 Å². The van der Waals surface area contributed by atoms with Crippen LogP contribution in [0.3, 0.4) is 0 Å². The molecule has 0 aromatic heterocycles. The molecule has 2 aliphatic carbocycles. The Kier molecular flexibility index (Phi) is 5.57. The summed E-state index contributed by atoms with van der Waals surface area (Å²) in [5.74, 6) is 1.69. The third-order valence-corrected chi connectivity index (χ3v) is 8.48. The van der Waals surface area contributed by atoms with Gasteiger partial charge in [0.05, 0.1) is 5.92 Å². The van der Waals surface area contributed by atoms with Gasteiger partial charge in [0.25, 0.3) is 0 Å². The van der Waals surface area contributed by atoms with Crippen molar-refractivity contribution in [3.63, 3.8) is 0 Å². The number of carbonyl (C=O) groups excluding carboxylic acids is 1. The first-order valence-electron chi connectivity index (χ1n) is 10.7. The number of fused-ring (bicyclic) bond motifs is 1. The predicted molar refractivity (Wildman–Crippen MR) is 117 cm³/mol. The first-order chi connectivity index (χ1) is 13.5. The van der Waals surface area contributed by atoms with E-state index in [0.717, 1.165) is 12.0 Å². The van der Waals surface area contributed by atoms with Crippen LogP contribution >= 0.6 is 15.9 Å². The number of hydrogen-bond acceptors (Lipinski definition) is 2. The van der Waals surface area contributed by atoms with Crippen LogP contribution in [0.25, 0.3) is 0 Å². The SMILES string of the molecule is C=C1C(=O)O[C@H](C[C@@H](C)[C@H]2CCC3/C(=C/Br)CCC[C@@]32C)[C@H]1c1ccccc1. The molecule has 0 radical (unpaired) electrons. The molecule has 3 fully saturated rings. The minimum atomic E-state index is -0.219. The summed E-state index contributed by atoms with van der Waals surface area (Å²) in [6.45, 7) is 8.95. The normalized spacial score (nSPS) is 37.8. The molecule has 0 amide bonds. The van der Waals surface area contributed by atoms with E-state index in [1.54, 1.807) is 5.57 Å². The third kappa shape index (κ3) is 3.30. The second-order valence-corrected chi connectivity index (χ2v) is 9.81. The molecule has 28 heavy (non-hydrogen) atoms. The molecule has 6 atom stereocenters. The minimum Gasteiger partial charge on any atom is -0.458 e. The van der Waals surface area contributed by atoms with Gasteiger partial charge >= 0.3 is 5.97 Å². The zero-order valence-corrected chi connectivity index (χ0v) is 18.6. The molecular formula is C25H31BrO2.